The molecule has 9 aromatic rings. The van der Waals surface area contributed by atoms with Gasteiger partial charge in [0.05, 0.1) is 22.3 Å². The van der Waals surface area contributed by atoms with E-state index in [4.69, 9.17) is 13.5 Å². The van der Waals surface area contributed by atoms with E-state index in [1.807, 2.05) is 111 Å². The maximum atomic E-state index is 9.54. The number of para-hydroxylation sites is 2. The summed E-state index contributed by atoms with van der Waals surface area (Å²) in [5, 5.41) is 6.37. The summed E-state index contributed by atoms with van der Waals surface area (Å²) in [6.45, 7) is 4.86. The lowest BCUT2D eigenvalue weighted by atomic mass is 9.88. The lowest BCUT2D eigenvalue weighted by Gasteiger charge is -2.24. The molecule has 7 aromatic carbocycles. The van der Waals surface area contributed by atoms with Crippen molar-refractivity contribution in [1.29, 1.82) is 0 Å². The number of nitrogens with zero attached hydrogens (tertiary/aromatic N) is 2. The SMILES string of the molecule is [2H]C([2H])([2H])c1cccc2nc(-c3cccc4c3oc3cc5c(ccc6ccccc65)cc34)n(-c3c(C([2H])(C)C)cc(-c4ccccc4)cc3C([2H])(C)C)c12. The highest BCUT2D eigenvalue weighted by Gasteiger charge is 2.26. The minimum atomic E-state index is -2.47. The highest BCUT2D eigenvalue weighted by atomic mass is 16.3. The molecule has 0 spiro atoms. The summed E-state index contributed by atoms with van der Waals surface area (Å²) < 4.78 is 53.8. The Balaban J connectivity index is 1.43. The smallest absolute Gasteiger partial charge is 0.149 e. The van der Waals surface area contributed by atoms with E-state index in [0.29, 0.717) is 44.8 Å². The van der Waals surface area contributed by atoms with Crippen molar-refractivity contribution in [1.82, 2.24) is 9.55 Å². The molecule has 2 aromatic heterocycles. The van der Waals surface area contributed by atoms with Gasteiger partial charge < -0.3 is 4.42 Å². The Labute approximate surface area is 293 Å². The van der Waals surface area contributed by atoms with Crippen LogP contribution >= 0.6 is 0 Å². The van der Waals surface area contributed by atoms with Gasteiger partial charge in [-0.2, -0.15) is 0 Å². The first kappa shape index (κ1) is 24.5. The van der Waals surface area contributed by atoms with Crippen molar-refractivity contribution in [3.8, 4) is 28.2 Å². The quantitative estimate of drug-likeness (QED) is 0.175. The van der Waals surface area contributed by atoms with Gasteiger partial charge in [-0.15, -0.1) is 0 Å². The molecule has 0 saturated carbocycles. The van der Waals surface area contributed by atoms with Gasteiger partial charge in [-0.25, -0.2) is 4.98 Å². The lowest BCUT2D eigenvalue weighted by molar-refractivity contribution is 0.670. The zero-order valence-electron chi connectivity index (χ0n) is 32.9. The topological polar surface area (TPSA) is 31.0 Å². The Morgan fingerprint density at radius 3 is 2.12 bits per heavy atom. The minimum Gasteiger partial charge on any atom is -0.455 e. The Morgan fingerprint density at radius 1 is 0.633 bits per heavy atom. The van der Waals surface area contributed by atoms with Crippen LogP contribution in [0.3, 0.4) is 0 Å². The average molecular weight is 640 g/mol. The standard InChI is InChI=1S/C46H38N2O/c1-27(2)37-24-33(30-14-7-6-8-15-30)25-38(28(3)4)44(37)48-43-29(5)13-11-20-41(43)47-46(48)36-19-12-18-35-40-23-32-22-21-31-16-9-10-17-34(31)39(32)26-42(40)49-45(35)36/h6-28H,1-5H3/i5D3,27D,28D. The van der Waals surface area contributed by atoms with Gasteiger partial charge in [0.25, 0.3) is 0 Å². The molecule has 0 unspecified atom stereocenters. The first-order valence-corrected chi connectivity index (χ1v) is 16.7. The fourth-order valence-electron chi connectivity index (χ4n) is 7.43. The van der Waals surface area contributed by atoms with Crippen LogP contribution in [0.4, 0.5) is 0 Å². The second-order valence-electron chi connectivity index (χ2n) is 13.4. The van der Waals surface area contributed by atoms with Crippen LogP contribution < -0.4 is 0 Å². The van der Waals surface area contributed by atoms with E-state index >= 15 is 0 Å². The third-order valence-electron chi connectivity index (χ3n) is 9.80. The summed E-state index contributed by atoms with van der Waals surface area (Å²) in [4.78, 5) is 5.21. The zero-order chi connectivity index (χ0) is 37.7. The van der Waals surface area contributed by atoms with Crippen LogP contribution in [0.15, 0.2) is 132 Å². The number of furan rings is 1. The summed E-state index contributed by atoms with van der Waals surface area (Å²) >= 11 is 0. The van der Waals surface area contributed by atoms with Crippen LogP contribution in [0.25, 0.3) is 82.7 Å². The number of benzene rings is 7. The zero-order valence-corrected chi connectivity index (χ0v) is 27.9. The highest BCUT2D eigenvalue weighted by molar-refractivity contribution is 6.17. The number of hydrogen-bond donors (Lipinski definition) is 0. The molecule has 49 heavy (non-hydrogen) atoms. The number of fused-ring (bicyclic) bond motifs is 7. The third-order valence-corrected chi connectivity index (χ3v) is 9.80. The van der Waals surface area contributed by atoms with Crippen LogP contribution in [0.5, 0.6) is 0 Å². The molecule has 0 N–H and O–H groups in total. The highest BCUT2D eigenvalue weighted by Crippen LogP contribution is 2.44. The molecule has 0 saturated heterocycles. The lowest BCUT2D eigenvalue weighted by Crippen LogP contribution is -2.10. The summed E-state index contributed by atoms with van der Waals surface area (Å²) in [7, 11) is 0. The van der Waals surface area contributed by atoms with Gasteiger partial charge in [0, 0.05) is 17.6 Å². The van der Waals surface area contributed by atoms with Crippen LogP contribution in [0.2, 0.25) is 0 Å². The van der Waals surface area contributed by atoms with Crippen molar-refractivity contribution in [2.75, 3.05) is 0 Å². The number of rotatable bonds is 5. The normalized spacial score (nSPS) is 14.3. The second-order valence-corrected chi connectivity index (χ2v) is 13.4. The van der Waals surface area contributed by atoms with Crippen molar-refractivity contribution in [2.45, 2.75) is 46.3 Å². The van der Waals surface area contributed by atoms with E-state index in [0.717, 1.165) is 49.0 Å². The molecule has 238 valence electrons. The van der Waals surface area contributed by atoms with E-state index in [1.165, 1.54) is 0 Å². The summed E-state index contributed by atoms with van der Waals surface area (Å²) in [6, 6.07) is 42.1. The number of aryl methyl sites for hydroxylation is 1. The summed E-state index contributed by atoms with van der Waals surface area (Å²) in [5.74, 6) is -1.83. The Bertz CT molecular complexity index is 2910. The predicted molar refractivity (Wildman–Crippen MR) is 207 cm³/mol. The summed E-state index contributed by atoms with van der Waals surface area (Å²) in [6.07, 6.45) is 0. The Kier molecular flexibility index (Phi) is 5.60. The van der Waals surface area contributed by atoms with Crippen LogP contribution in [0, 0.1) is 6.85 Å². The molecule has 0 aliphatic rings. The first-order valence-electron chi connectivity index (χ1n) is 19.2. The molecular formula is C46H38N2O. The maximum Gasteiger partial charge on any atom is 0.149 e. The predicted octanol–water partition coefficient (Wildman–Crippen LogP) is 13.1. The number of hydrogen-bond acceptors (Lipinski definition) is 2. The van der Waals surface area contributed by atoms with E-state index in [2.05, 4.69) is 36.4 Å². The summed E-state index contributed by atoms with van der Waals surface area (Å²) in [5.41, 5.74) is 6.82. The maximum absolute atomic E-state index is 9.54. The van der Waals surface area contributed by atoms with E-state index in [9.17, 15) is 2.74 Å². The number of imidazole rings is 1. The van der Waals surface area contributed by atoms with Gasteiger partial charge in [0.15, 0.2) is 0 Å². The van der Waals surface area contributed by atoms with E-state index in [-0.39, 0.29) is 5.56 Å². The fourth-order valence-corrected chi connectivity index (χ4v) is 7.43. The van der Waals surface area contributed by atoms with Crippen molar-refractivity contribution < 1.29 is 11.3 Å². The largest absolute Gasteiger partial charge is 0.455 e. The molecule has 0 radical (unpaired) electrons. The van der Waals surface area contributed by atoms with Crippen molar-refractivity contribution in [3.05, 3.63) is 144 Å². The van der Waals surface area contributed by atoms with Gasteiger partial charge in [-0.1, -0.05) is 119 Å². The molecule has 9 rings (SSSR count). The van der Waals surface area contributed by atoms with E-state index in [1.54, 1.807) is 12.1 Å². The van der Waals surface area contributed by atoms with Gasteiger partial charge in [-0.05, 0) is 104 Å². The molecule has 0 atom stereocenters. The average Bonchev–Trinajstić information content (AvgIpc) is 3.71. The molecule has 3 nitrogen and oxygen atoms in total. The number of aromatic nitrogens is 2. The van der Waals surface area contributed by atoms with Gasteiger partial charge in [0.1, 0.15) is 17.0 Å². The van der Waals surface area contributed by atoms with Crippen molar-refractivity contribution in [3.63, 3.8) is 0 Å². The van der Waals surface area contributed by atoms with E-state index < -0.39 is 18.6 Å². The van der Waals surface area contributed by atoms with Crippen LogP contribution in [-0.2, 0) is 0 Å². The first-order chi connectivity index (χ1) is 25.7. The second kappa shape index (κ2) is 11.2. The molecule has 0 aliphatic heterocycles. The fraction of sp³-hybridized carbons (Fsp3) is 0.152. The molecule has 0 bridgehead atoms. The van der Waals surface area contributed by atoms with Crippen LogP contribution in [-0.4, -0.2) is 9.55 Å². The minimum absolute atomic E-state index is 0.142. The van der Waals surface area contributed by atoms with Crippen LogP contribution in [0.1, 0.15) is 63.0 Å². The van der Waals surface area contributed by atoms with Crippen molar-refractivity contribution >= 4 is 54.5 Å². The van der Waals surface area contributed by atoms with Gasteiger partial charge >= 0.3 is 0 Å². The Hall–Kier alpha value is -5.67. The molecule has 2 heterocycles. The third kappa shape index (κ3) is 4.60. The Morgan fingerprint density at radius 2 is 1.35 bits per heavy atom. The monoisotopic (exact) mass is 639 g/mol. The van der Waals surface area contributed by atoms with Gasteiger partial charge in [-0.3, -0.25) is 4.57 Å². The van der Waals surface area contributed by atoms with Gasteiger partial charge in [0.2, 0.25) is 0 Å². The molecule has 0 fully saturated rings. The van der Waals surface area contributed by atoms with Crippen molar-refractivity contribution in [2.24, 2.45) is 0 Å². The molecule has 0 amide bonds. The molecule has 3 heteroatoms. The molecule has 0 aliphatic carbocycles. The molecular weight excluding hydrogens is 597 g/mol.